The lowest BCUT2D eigenvalue weighted by atomic mass is 10.2. The second-order valence-electron chi connectivity index (χ2n) is 7.34. The second kappa shape index (κ2) is 6.41. The minimum absolute atomic E-state index is 0.221. The summed E-state index contributed by atoms with van der Waals surface area (Å²) < 4.78 is 22.2. The Bertz CT molecular complexity index is 626. The molecule has 1 aromatic carbocycles. The van der Waals surface area contributed by atoms with Crippen LogP contribution in [0.4, 0.5) is 0 Å². The number of hydrogen-bond donors (Lipinski definition) is 0. The predicted octanol–water partition coefficient (Wildman–Crippen LogP) is 3.99. The predicted molar refractivity (Wildman–Crippen MR) is 94.4 cm³/mol. The average Bonchev–Trinajstić information content (AvgIpc) is 2.81. The fourth-order valence-electron chi connectivity index (χ4n) is 1.94. The molecule has 126 valence electrons. The highest BCUT2D eigenvalue weighted by Gasteiger charge is 2.27. The molecule has 0 aromatic heterocycles. The second-order valence-corrected chi connectivity index (χ2v) is 16.2. The van der Waals surface area contributed by atoms with Gasteiger partial charge in [0.1, 0.15) is 0 Å². The van der Waals surface area contributed by atoms with Crippen molar-refractivity contribution in [2.24, 2.45) is 0 Å². The summed E-state index contributed by atoms with van der Waals surface area (Å²) in [5.41, 5.74) is 0.815. The molecule has 0 aliphatic carbocycles. The Morgan fingerprint density at radius 2 is 1.61 bits per heavy atom. The van der Waals surface area contributed by atoms with E-state index in [1.807, 2.05) is 57.5 Å². The quantitative estimate of drug-likeness (QED) is 0.456. The number of benzene rings is 1. The third-order valence-electron chi connectivity index (χ3n) is 2.71. The molecule has 1 aromatic rings. The van der Waals surface area contributed by atoms with Gasteiger partial charge >= 0.3 is 5.97 Å². The molecule has 7 heteroatoms. The minimum Gasteiger partial charge on any atom is -0.539 e. The molecule has 1 aliphatic heterocycles. The van der Waals surface area contributed by atoms with E-state index >= 15 is 0 Å². The van der Waals surface area contributed by atoms with E-state index in [1.165, 1.54) is 0 Å². The topological polar surface area (TPSA) is 54.0 Å². The molecule has 0 radical (unpaired) electrons. The van der Waals surface area contributed by atoms with Crippen LogP contribution < -0.4 is 9.47 Å². The normalized spacial score (nSPS) is 14.6. The molecule has 0 spiro atoms. The zero-order chi connectivity index (χ0) is 17.3. The summed E-state index contributed by atoms with van der Waals surface area (Å²) in [4.78, 5) is 12.5. The monoisotopic (exact) mass is 352 g/mol. The van der Waals surface area contributed by atoms with E-state index < -0.39 is 22.6 Å². The molecule has 0 saturated heterocycles. The zero-order valence-electron chi connectivity index (χ0n) is 14.6. The van der Waals surface area contributed by atoms with Gasteiger partial charge in [-0.3, -0.25) is 0 Å². The Labute approximate surface area is 139 Å². The van der Waals surface area contributed by atoms with Gasteiger partial charge in [0.25, 0.3) is 0 Å². The van der Waals surface area contributed by atoms with Crippen molar-refractivity contribution < 1.29 is 23.1 Å². The Balaban J connectivity index is 2.30. The summed E-state index contributed by atoms with van der Waals surface area (Å²) in [5.74, 6) is 1.24. The average molecular weight is 353 g/mol. The zero-order valence-corrected chi connectivity index (χ0v) is 16.6. The number of carbonyl (C=O) groups is 1. The van der Waals surface area contributed by atoms with Crippen molar-refractivity contribution in [3.8, 4) is 11.5 Å². The lowest BCUT2D eigenvalue weighted by molar-refractivity contribution is -0.133. The van der Waals surface area contributed by atoms with E-state index in [0.29, 0.717) is 11.5 Å². The molecule has 0 saturated carbocycles. The summed E-state index contributed by atoms with van der Waals surface area (Å²) in [6, 6.07) is 5.52. The van der Waals surface area contributed by atoms with Gasteiger partial charge < -0.3 is 18.3 Å². The van der Waals surface area contributed by atoms with Gasteiger partial charge in [0, 0.05) is 0 Å². The standard InChI is InChI=1S/C16H24O5Si2/c1-22(2,3)20-15(16(17)21-23(4,5)6)10-12-7-8-13-14(9-12)19-11-18-13/h7-10H,11H2,1-6H3/b15-10+. The number of carbonyl (C=O) groups excluding carboxylic acids is 1. The van der Waals surface area contributed by atoms with Crippen molar-refractivity contribution >= 4 is 28.7 Å². The van der Waals surface area contributed by atoms with Gasteiger partial charge in [-0.25, -0.2) is 4.79 Å². The highest BCUT2D eigenvalue weighted by molar-refractivity contribution is 6.72. The van der Waals surface area contributed by atoms with Crippen molar-refractivity contribution in [1.29, 1.82) is 0 Å². The third-order valence-corrected chi connectivity index (χ3v) is 4.34. The maximum absolute atomic E-state index is 12.5. The van der Waals surface area contributed by atoms with Crippen molar-refractivity contribution in [2.75, 3.05) is 6.79 Å². The van der Waals surface area contributed by atoms with Crippen LogP contribution in [-0.2, 0) is 13.6 Å². The third kappa shape index (κ3) is 5.44. The van der Waals surface area contributed by atoms with Crippen molar-refractivity contribution in [3.05, 3.63) is 29.5 Å². The van der Waals surface area contributed by atoms with Gasteiger partial charge in [0.05, 0.1) is 0 Å². The van der Waals surface area contributed by atoms with Crippen molar-refractivity contribution in [3.63, 3.8) is 0 Å². The van der Waals surface area contributed by atoms with Crippen LogP contribution in [-0.4, -0.2) is 29.4 Å². The first kappa shape index (κ1) is 17.6. The van der Waals surface area contributed by atoms with Gasteiger partial charge in [-0.2, -0.15) is 0 Å². The van der Waals surface area contributed by atoms with Gasteiger partial charge in [-0.1, -0.05) is 6.07 Å². The van der Waals surface area contributed by atoms with Crippen LogP contribution in [0.2, 0.25) is 39.3 Å². The summed E-state index contributed by atoms with van der Waals surface area (Å²) in [5, 5.41) is 0. The molecule has 0 bridgehead atoms. The highest BCUT2D eigenvalue weighted by Crippen LogP contribution is 2.33. The lowest BCUT2D eigenvalue weighted by Gasteiger charge is -2.24. The number of ether oxygens (including phenoxy) is 2. The molecule has 23 heavy (non-hydrogen) atoms. The summed E-state index contributed by atoms with van der Waals surface area (Å²) >= 11 is 0. The van der Waals surface area contributed by atoms with Crippen LogP contribution >= 0.6 is 0 Å². The Hall–Kier alpha value is -1.74. The lowest BCUT2D eigenvalue weighted by Crippen LogP contribution is -2.33. The van der Waals surface area contributed by atoms with Gasteiger partial charge in [0.2, 0.25) is 23.4 Å². The van der Waals surface area contributed by atoms with Gasteiger partial charge in [-0.15, -0.1) is 0 Å². The first-order valence-electron chi connectivity index (χ1n) is 7.57. The van der Waals surface area contributed by atoms with Crippen LogP contribution in [0.15, 0.2) is 24.0 Å². The van der Waals surface area contributed by atoms with Crippen LogP contribution in [0.25, 0.3) is 6.08 Å². The summed E-state index contributed by atoms with van der Waals surface area (Å²) in [6.07, 6.45) is 1.71. The molecule has 0 fully saturated rings. The molecule has 0 unspecified atom stereocenters. The van der Waals surface area contributed by atoms with Crippen molar-refractivity contribution in [2.45, 2.75) is 39.3 Å². The van der Waals surface area contributed by atoms with Crippen molar-refractivity contribution in [1.82, 2.24) is 0 Å². The molecule has 1 heterocycles. The highest BCUT2D eigenvalue weighted by atomic mass is 28.4. The SMILES string of the molecule is C[Si](C)(C)OC(=O)/C(=C\c1ccc2c(c1)OCO2)O[Si](C)(C)C. The first-order valence-corrected chi connectivity index (χ1v) is 14.4. The van der Waals surface area contributed by atoms with E-state index in [2.05, 4.69) is 0 Å². The smallest absolute Gasteiger partial charge is 0.358 e. The molecular weight excluding hydrogens is 328 g/mol. The Morgan fingerprint density at radius 3 is 2.22 bits per heavy atom. The molecule has 5 nitrogen and oxygen atoms in total. The molecular formula is C16H24O5Si2. The molecule has 0 N–H and O–H groups in total. The summed E-state index contributed by atoms with van der Waals surface area (Å²) in [7, 11) is -3.93. The number of rotatable bonds is 5. The molecule has 0 atom stereocenters. The summed E-state index contributed by atoms with van der Waals surface area (Å²) in [6.45, 7) is 12.2. The first-order chi connectivity index (χ1) is 10.5. The number of hydrogen-bond acceptors (Lipinski definition) is 5. The molecule has 2 rings (SSSR count). The van der Waals surface area contributed by atoms with E-state index in [1.54, 1.807) is 6.08 Å². The largest absolute Gasteiger partial charge is 0.539 e. The van der Waals surface area contributed by atoms with E-state index in [4.69, 9.17) is 18.3 Å². The molecule has 0 amide bonds. The van der Waals surface area contributed by atoms with Gasteiger partial charge in [-0.05, 0) is 63.1 Å². The van der Waals surface area contributed by atoms with Gasteiger partial charge in [0.15, 0.2) is 17.3 Å². The fourth-order valence-corrected chi connectivity index (χ4v) is 3.40. The van der Waals surface area contributed by atoms with Crippen LogP contribution in [0.5, 0.6) is 11.5 Å². The molecule has 1 aliphatic rings. The Kier molecular flexibility index (Phi) is 4.91. The fraction of sp³-hybridized carbons (Fsp3) is 0.438. The van der Waals surface area contributed by atoms with Crippen LogP contribution in [0, 0.1) is 0 Å². The van der Waals surface area contributed by atoms with E-state index in [-0.39, 0.29) is 12.6 Å². The Morgan fingerprint density at radius 1 is 1.00 bits per heavy atom. The van der Waals surface area contributed by atoms with Crippen LogP contribution in [0.3, 0.4) is 0 Å². The van der Waals surface area contributed by atoms with Crippen LogP contribution in [0.1, 0.15) is 5.56 Å². The maximum Gasteiger partial charge on any atom is 0.358 e. The minimum atomic E-state index is -1.99. The van der Waals surface area contributed by atoms with E-state index in [0.717, 1.165) is 5.56 Å². The maximum atomic E-state index is 12.5. The number of fused-ring (bicyclic) bond motifs is 1. The van der Waals surface area contributed by atoms with E-state index in [9.17, 15) is 4.79 Å².